The van der Waals surface area contributed by atoms with Gasteiger partial charge in [-0.3, -0.25) is 4.99 Å². The lowest BCUT2D eigenvalue weighted by Gasteiger charge is -2.15. The van der Waals surface area contributed by atoms with Crippen molar-refractivity contribution in [1.82, 2.24) is 0 Å². The van der Waals surface area contributed by atoms with Gasteiger partial charge in [0.25, 0.3) is 0 Å². The maximum atomic E-state index is 13.4. The largest absolute Gasteiger partial charge is 0.333 e. The summed E-state index contributed by atoms with van der Waals surface area (Å²) in [7, 11) is 0. The van der Waals surface area contributed by atoms with Gasteiger partial charge in [-0.15, -0.1) is 0 Å². The number of amidine groups is 1. The second kappa shape index (κ2) is 4.64. The van der Waals surface area contributed by atoms with E-state index >= 15 is 0 Å². The van der Waals surface area contributed by atoms with Crippen LogP contribution in [0.1, 0.15) is 20.3 Å². The lowest BCUT2D eigenvalue weighted by molar-refractivity contribution is 0.522. The summed E-state index contributed by atoms with van der Waals surface area (Å²) in [4.78, 5) is 4.51. The molecule has 0 fully saturated rings. The lowest BCUT2D eigenvalue weighted by atomic mass is 10.0. The van der Waals surface area contributed by atoms with E-state index in [-0.39, 0.29) is 11.2 Å². The average Bonchev–Trinajstić information content (AvgIpc) is 2.66. The van der Waals surface area contributed by atoms with Gasteiger partial charge in [-0.1, -0.05) is 18.7 Å². The molecule has 1 unspecified atom stereocenters. The smallest absolute Gasteiger partial charge is 0.161 e. The lowest BCUT2D eigenvalue weighted by Crippen LogP contribution is -2.20. The Kier molecular flexibility index (Phi) is 3.38. The van der Waals surface area contributed by atoms with Crippen molar-refractivity contribution < 1.29 is 8.78 Å². The molecule has 0 aliphatic carbocycles. The molecule has 17 heavy (non-hydrogen) atoms. The van der Waals surface area contributed by atoms with Crippen molar-refractivity contribution in [3.63, 3.8) is 0 Å². The molecule has 0 spiro atoms. The molecule has 5 heteroatoms. The van der Waals surface area contributed by atoms with E-state index in [0.717, 1.165) is 18.2 Å². The van der Waals surface area contributed by atoms with E-state index in [1.165, 1.54) is 12.1 Å². The van der Waals surface area contributed by atoms with Gasteiger partial charge in [0.2, 0.25) is 0 Å². The van der Waals surface area contributed by atoms with Crippen LogP contribution in [0, 0.1) is 11.6 Å². The molecule has 1 atom stereocenters. The van der Waals surface area contributed by atoms with Crippen LogP contribution in [0.15, 0.2) is 23.2 Å². The Morgan fingerprint density at radius 1 is 1.47 bits per heavy atom. The molecule has 1 heterocycles. The number of hydrogen-bond acceptors (Lipinski definition) is 3. The highest BCUT2D eigenvalue weighted by atomic mass is 32.2. The number of hydrogen-bond donors (Lipinski definition) is 1. The summed E-state index contributed by atoms with van der Waals surface area (Å²) < 4.78 is 26.1. The van der Waals surface area contributed by atoms with Crippen molar-refractivity contribution in [2.24, 2.45) is 4.99 Å². The molecule has 0 saturated heterocycles. The Morgan fingerprint density at radius 3 is 2.82 bits per heavy atom. The van der Waals surface area contributed by atoms with Gasteiger partial charge in [-0.2, -0.15) is 0 Å². The molecule has 0 saturated carbocycles. The van der Waals surface area contributed by atoms with Crippen molar-refractivity contribution in [3.8, 4) is 0 Å². The van der Waals surface area contributed by atoms with Gasteiger partial charge in [0.05, 0.1) is 11.2 Å². The molecule has 1 aliphatic rings. The first-order chi connectivity index (χ1) is 8.02. The topological polar surface area (TPSA) is 24.4 Å². The molecule has 2 rings (SSSR count). The Bertz CT molecular complexity index is 462. The molecule has 0 bridgehead atoms. The molecule has 2 nitrogen and oxygen atoms in total. The first-order valence-corrected chi connectivity index (χ1v) is 6.46. The number of anilines is 1. The third kappa shape index (κ3) is 2.77. The van der Waals surface area contributed by atoms with Crippen LogP contribution in [0.3, 0.4) is 0 Å². The fourth-order valence-electron chi connectivity index (χ4n) is 1.48. The number of benzene rings is 1. The molecule has 92 valence electrons. The number of rotatable bonds is 2. The molecule has 1 aliphatic heterocycles. The van der Waals surface area contributed by atoms with E-state index in [1.54, 1.807) is 11.8 Å². The molecule has 0 amide bonds. The van der Waals surface area contributed by atoms with Crippen molar-refractivity contribution in [2.75, 3.05) is 11.1 Å². The number of nitrogens with zero attached hydrogens (tertiary/aromatic N) is 1. The first-order valence-electron chi connectivity index (χ1n) is 5.47. The first kappa shape index (κ1) is 12.4. The highest BCUT2D eigenvalue weighted by Gasteiger charge is 2.28. The number of thioether (sulfide) groups is 1. The average molecular weight is 256 g/mol. The van der Waals surface area contributed by atoms with Crippen molar-refractivity contribution in [3.05, 3.63) is 29.8 Å². The van der Waals surface area contributed by atoms with Crippen LogP contribution in [0.5, 0.6) is 0 Å². The second-order valence-corrected chi connectivity index (χ2v) is 5.27. The Hall–Kier alpha value is -1.10. The van der Waals surface area contributed by atoms with E-state index in [2.05, 4.69) is 24.2 Å². The summed E-state index contributed by atoms with van der Waals surface area (Å²) in [5, 5.41) is 3.59. The number of nitrogens with one attached hydrogen (secondary N) is 1. The minimum absolute atomic E-state index is 0.0799. The van der Waals surface area contributed by atoms with Crippen LogP contribution in [-0.2, 0) is 0 Å². The second-order valence-electron chi connectivity index (χ2n) is 4.31. The zero-order chi connectivity index (χ0) is 12.5. The molecule has 1 aromatic rings. The molecular weight excluding hydrogens is 242 g/mol. The fraction of sp³-hybridized carbons (Fsp3) is 0.417. The minimum Gasteiger partial charge on any atom is -0.333 e. The standard InChI is InChI=1S/C12H14F2N2S/c1-3-12(2)7-17-11(16-12)15-10-5-4-8(13)6-9(10)14/h4-6H,3,7H2,1-2H3,(H,15,16). The summed E-state index contributed by atoms with van der Waals surface area (Å²) in [6.07, 6.45) is 0.942. The molecular formula is C12H14F2N2S. The van der Waals surface area contributed by atoms with Crippen molar-refractivity contribution in [1.29, 1.82) is 0 Å². The Morgan fingerprint density at radius 2 is 2.24 bits per heavy atom. The van der Waals surface area contributed by atoms with Gasteiger partial charge in [-0.05, 0) is 25.5 Å². The number of aliphatic imine (C=N–C) groups is 1. The maximum absolute atomic E-state index is 13.4. The molecule has 1 aromatic carbocycles. The van der Waals surface area contributed by atoms with Crippen LogP contribution < -0.4 is 5.32 Å². The predicted octanol–water partition coefficient (Wildman–Crippen LogP) is 3.65. The number of halogens is 2. The van der Waals surface area contributed by atoms with E-state index in [9.17, 15) is 8.78 Å². The van der Waals surface area contributed by atoms with Crippen LogP contribution in [0.4, 0.5) is 14.5 Å². The Labute approximate surface area is 104 Å². The molecule has 1 N–H and O–H groups in total. The quantitative estimate of drug-likeness (QED) is 0.873. The summed E-state index contributed by atoms with van der Waals surface area (Å²) in [5.41, 5.74) is 0.182. The van der Waals surface area contributed by atoms with Crippen LogP contribution in [-0.4, -0.2) is 16.5 Å². The third-order valence-electron chi connectivity index (χ3n) is 2.83. The Balaban J connectivity index is 2.15. The van der Waals surface area contributed by atoms with E-state index in [1.807, 2.05) is 0 Å². The van der Waals surface area contributed by atoms with E-state index in [0.29, 0.717) is 5.17 Å². The highest BCUT2D eigenvalue weighted by Crippen LogP contribution is 2.31. The van der Waals surface area contributed by atoms with Crippen LogP contribution in [0.2, 0.25) is 0 Å². The van der Waals surface area contributed by atoms with E-state index < -0.39 is 11.6 Å². The minimum atomic E-state index is -0.599. The van der Waals surface area contributed by atoms with Crippen LogP contribution in [0.25, 0.3) is 0 Å². The van der Waals surface area contributed by atoms with Crippen molar-refractivity contribution in [2.45, 2.75) is 25.8 Å². The molecule has 0 aromatic heterocycles. The van der Waals surface area contributed by atoms with Gasteiger partial charge in [-0.25, -0.2) is 8.78 Å². The van der Waals surface area contributed by atoms with Crippen LogP contribution >= 0.6 is 11.8 Å². The molecule has 0 radical (unpaired) electrons. The normalized spacial score (nSPS) is 23.6. The third-order valence-corrected chi connectivity index (χ3v) is 4.06. The van der Waals surface area contributed by atoms with Gasteiger partial charge in [0.15, 0.2) is 5.17 Å². The van der Waals surface area contributed by atoms with Crippen molar-refractivity contribution >= 4 is 22.6 Å². The summed E-state index contributed by atoms with van der Waals surface area (Å²) >= 11 is 1.56. The van der Waals surface area contributed by atoms with Gasteiger partial charge < -0.3 is 5.32 Å². The maximum Gasteiger partial charge on any atom is 0.161 e. The zero-order valence-electron chi connectivity index (χ0n) is 9.76. The summed E-state index contributed by atoms with van der Waals surface area (Å²) in [6, 6.07) is 3.47. The summed E-state index contributed by atoms with van der Waals surface area (Å²) in [5.74, 6) is -0.292. The van der Waals surface area contributed by atoms with Gasteiger partial charge >= 0.3 is 0 Å². The van der Waals surface area contributed by atoms with Gasteiger partial charge in [0, 0.05) is 11.8 Å². The monoisotopic (exact) mass is 256 g/mol. The summed E-state index contributed by atoms with van der Waals surface area (Å²) in [6.45, 7) is 4.14. The fourth-order valence-corrected chi connectivity index (χ4v) is 2.67. The van der Waals surface area contributed by atoms with Gasteiger partial charge in [0.1, 0.15) is 11.6 Å². The predicted molar refractivity (Wildman–Crippen MR) is 68.6 cm³/mol. The van der Waals surface area contributed by atoms with E-state index in [4.69, 9.17) is 0 Å². The highest BCUT2D eigenvalue weighted by molar-refractivity contribution is 8.14. The SMILES string of the molecule is CCC1(C)CSC(Nc2ccc(F)cc2F)=N1. The zero-order valence-corrected chi connectivity index (χ0v) is 10.6.